The Kier molecular flexibility index (Phi) is 4.21. The van der Waals surface area contributed by atoms with Crippen molar-refractivity contribution in [1.29, 1.82) is 0 Å². The highest BCUT2D eigenvalue weighted by Gasteiger charge is 2.27. The summed E-state index contributed by atoms with van der Waals surface area (Å²) in [6, 6.07) is 4.78. The van der Waals surface area contributed by atoms with Crippen molar-refractivity contribution in [3.05, 3.63) is 28.5 Å². The molecule has 1 aromatic heterocycles. The maximum Gasteiger partial charge on any atom is 0.0542 e. The molecule has 0 aromatic carbocycles. The van der Waals surface area contributed by atoms with E-state index in [1.807, 2.05) is 6.20 Å². The Labute approximate surface area is 112 Å². The smallest absolute Gasteiger partial charge is 0.0542 e. The zero-order valence-corrected chi connectivity index (χ0v) is 12.3. The van der Waals surface area contributed by atoms with Gasteiger partial charge in [0.1, 0.15) is 0 Å². The summed E-state index contributed by atoms with van der Waals surface area (Å²) < 4.78 is 1.04. The summed E-state index contributed by atoms with van der Waals surface area (Å²) >= 11 is 3.41. The van der Waals surface area contributed by atoms with Gasteiger partial charge >= 0.3 is 0 Å². The van der Waals surface area contributed by atoms with E-state index in [0.717, 1.165) is 16.7 Å². The van der Waals surface area contributed by atoms with Crippen LogP contribution in [0.2, 0.25) is 0 Å². The summed E-state index contributed by atoms with van der Waals surface area (Å²) in [6.45, 7) is 5.63. The average molecular weight is 297 g/mol. The van der Waals surface area contributed by atoms with Gasteiger partial charge in [0.15, 0.2) is 0 Å². The van der Waals surface area contributed by atoms with Crippen LogP contribution < -0.4 is 5.32 Å². The van der Waals surface area contributed by atoms with Crippen LogP contribution in [0.15, 0.2) is 22.8 Å². The molecule has 0 radical (unpaired) electrons. The molecule has 1 saturated carbocycles. The molecule has 1 fully saturated rings. The van der Waals surface area contributed by atoms with Crippen LogP contribution in [-0.2, 0) is 6.54 Å². The first-order valence-corrected chi connectivity index (χ1v) is 7.18. The number of pyridine rings is 1. The molecule has 0 spiro atoms. The number of nitrogens with one attached hydrogen (secondary N) is 1. The number of nitrogens with zero attached hydrogens (tertiary/aromatic N) is 1. The van der Waals surface area contributed by atoms with E-state index in [1.165, 1.54) is 25.7 Å². The Bertz CT molecular complexity index is 359. The molecule has 1 heterocycles. The highest BCUT2D eigenvalue weighted by molar-refractivity contribution is 9.10. The Morgan fingerprint density at radius 2 is 2.29 bits per heavy atom. The number of rotatable bonds is 3. The highest BCUT2D eigenvalue weighted by atomic mass is 79.9. The molecule has 1 aromatic rings. The first-order valence-electron chi connectivity index (χ1n) is 6.39. The summed E-state index contributed by atoms with van der Waals surface area (Å²) in [5.74, 6) is 0. The van der Waals surface area contributed by atoms with E-state index in [0.29, 0.717) is 11.5 Å². The van der Waals surface area contributed by atoms with Crippen molar-refractivity contribution in [1.82, 2.24) is 10.3 Å². The molecule has 0 bridgehead atoms. The minimum Gasteiger partial charge on any atom is -0.308 e. The zero-order chi connectivity index (χ0) is 12.3. The molecule has 0 saturated heterocycles. The first kappa shape index (κ1) is 13.0. The van der Waals surface area contributed by atoms with Gasteiger partial charge in [0.05, 0.1) is 5.69 Å². The molecule has 0 aliphatic heterocycles. The second-order valence-electron chi connectivity index (χ2n) is 5.81. The highest BCUT2D eigenvalue weighted by Crippen LogP contribution is 2.35. The fourth-order valence-electron chi connectivity index (χ4n) is 2.63. The molecule has 17 heavy (non-hydrogen) atoms. The van der Waals surface area contributed by atoms with E-state index >= 15 is 0 Å². The second-order valence-corrected chi connectivity index (χ2v) is 6.72. The Hall–Kier alpha value is -0.410. The molecule has 2 nitrogen and oxygen atoms in total. The van der Waals surface area contributed by atoms with Crippen molar-refractivity contribution in [2.75, 3.05) is 0 Å². The minimum absolute atomic E-state index is 0.503. The molecule has 2 rings (SSSR count). The molecule has 0 amide bonds. The van der Waals surface area contributed by atoms with Crippen LogP contribution in [0.1, 0.15) is 45.2 Å². The molecule has 1 atom stereocenters. The van der Waals surface area contributed by atoms with Crippen LogP contribution in [0.3, 0.4) is 0 Å². The van der Waals surface area contributed by atoms with Gasteiger partial charge in [0.25, 0.3) is 0 Å². The second kappa shape index (κ2) is 5.49. The average Bonchev–Trinajstić information content (AvgIpc) is 2.27. The summed E-state index contributed by atoms with van der Waals surface area (Å²) in [5.41, 5.74) is 1.62. The third-order valence-corrected chi connectivity index (χ3v) is 4.03. The zero-order valence-electron chi connectivity index (χ0n) is 10.7. The van der Waals surface area contributed by atoms with Crippen LogP contribution in [0.25, 0.3) is 0 Å². The maximum absolute atomic E-state index is 4.39. The van der Waals surface area contributed by atoms with E-state index in [2.05, 4.69) is 52.2 Å². The van der Waals surface area contributed by atoms with E-state index in [4.69, 9.17) is 0 Å². The van der Waals surface area contributed by atoms with Gasteiger partial charge in [-0.15, -0.1) is 0 Å². The predicted octanol–water partition coefficient (Wildman–Crippen LogP) is 3.90. The summed E-state index contributed by atoms with van der Waals surface area (Å²) in [5, 5.41) is 3.64. The van der Waals surface area contributed by atoms with Gasteiger partial charge in [0, 0.05) is 23.3 Å². The third kappa shape index (κ3) is 4.07. The largest absolute Gasteiger partial charge is 0.308 e. The van der Waals surface area contributed by atoms with Crippen molar-refractivity contribution in [2.24, 2.45) is 5.41 Å². The first-order chi connectivity index (χ1) is 8.05. The lowest BCUT2D eigenvalue weighted by Gasteiger charge is -2.35. The SMILES string of the molecule is CC1(C)CCCC(NCc2ccc(Br)cn2)C1. The molecule has 94 valence electrons. The van der Waals surface area contributed by atoms with Crippen molar-refractivity contribution in [2.45, 2.75) is 52.1 Å². The lowest BCUT2D eigenvalue weighted by Crippen LogP contribution is -2.37. The van der Waals surface area contributed by atoms with E-state index < -0.39 is 0 Å². The standard InChI is InChI=1S/C14H21BrN2/c1-14(2)7-3-4-12(8-14)17-10-13-6-5-11(15)9-16-13/h5-6,9,12,17H,3-4,7-8,10H2,1-2H3. The Morgan fingerprint density at radius 3 is 2.94 bits per heavy atom. The fraction of sp³-hybridized carbons (Fsp3) is 0.643. The summed E-state index contributed by atoms with van der Waals surface area (Å²) in [4.78, 5) is 4.39. The van der Waals surface area contributed by atoms with Gasteiger partial charge in [-0.25, -0.2) is 0 Å². The van der Waals surface area contributed by atoms with E-state index in [-0.39, 0.29) is 0 Å². The van der Waals surface area contributed by atoms with Crippen LogP contribution in [0.5, 0.6) is 0 Å². The van der Waals surface area contributed by atoms with Crippen LogP contribution in [-0.4, -0.2) is 11.0 Å². The van der Waals surface area contributed by atoms with Gasteiger partial charge in [-0.2, -0.15) is 0 Å². The quantitative estimate of drug-likeness (QED) is 0.915. The lowest BCUT2D eigenvalue weighted by molar-refractivity contribution is 0.197. The summed E-state index contributed by atoms with van der Waals surface area (Å²) in [7, 11) is 0. The van der Waals surface area contributed by atoms with E-state index in [1.54, 1.807) is 0 Å². The van der Waals surface area contributed by atoms with Crippen LogP contribution >= 0.6 is 15.9 Å². The number of hydrogen-bond donors (Lipinski definition) is 1. The van der Waals surface area contributed by atoms with Crippen molar-refractivity contribution < 1.29 is 0 Å². The monoisotopic (exact) mass is 296 g/mol. The number of halogens is 1. The molecular formula is C14H21BrN2. The van der Waals surface area contributed by atoms with Crippen LogP contribution in [0, 0.1) is 5.41 Å². The van der Waals surface area contributed by atoms with Gasteiger partial charge < -0.3 is 5.32 Å². The molecule has 3 heteroatoms. The summed E-state index contributed by atoms with van der Waals surface area (Å²) in [6.07, 6.45) is 7.16. The molecule has 1 aliphatic carbocycles. The molecule has 1 aliphatic rings. The van der Waals surface area contributed by atoms with Crippen molar-refractivity contribution in [3.63, 3.8) is 0 Å². The topological polar surface area (TPSA) is 24.9 Å². The Balaban J connectivity index is 1.84. The molecule has 1 unspecified atom stereocenters. The fourth-order valence-corrected chi connectivity index (χ4v) is 2.87. The maximum atomic E-state index is 4.39. The minimum atomic E-state index is 0.503. The molecule has 1 N–H and O–H groups in total. The predicted molar refractivity (Wildman–Crippen MR) is 74.8 cm³/mol. The molecular weight excluding hydrogens is 276 g/mol. The van der Waals surface area contributed by atoms with Gasteiger partial charge in [0.2, 0.25) is 0 Å². The third-order valence-electron chi connectivity index (χ3n) is 3.57. The van der Waals surface area contributed by atoms with E-state index in [9.17, 15) is 0 Å². The van der Waals surface area contributed by atoms with Crippen molar-refractivity contribution >= 4 is 15.9 Å². The lowest BCUT2D eigenvalue weighted by atomic mass is 9.75. The van der Waals surface area contributed by atoms with Gasteiger partial charge in [-0.05, 0) is 52.7 Å². The van der Waals surface area contributed by atoms with Crippen molar-refractivity contribution in [3.8, 4) is 0 Å². The van der Waals surface area contributed by atoms with Crippen LogP contribution in [0.4, 0.5) is 0 Å². The Morgan fingerprint density at radius 1 is 1.47 bits per heavy atom. The normalized spacial score (nSPS) is 23.6. The van der Waals surface area contributed by atoms with Gasteiger partial charge in [-0.1, -0.05) is 20.3 Å². The number of hydrogen-bond acceptors (Lipinski definition) is 2. The van der Waals surface area contributed by atoms with Gasteiger partial charge in [-0.3, -0.25) is 4.98 Å². The number of aromatic nitrogens is 1.